The fraction of sp³-hybridized carbons (Fsp3) is 0.182. The van der Waals surface area contributed by atoms with E-state index < -0.39 is 5.97 Å². The van der Waals surface area contributed by atoms with Gasteiger partial charge in [0.25, 0.3) is 0 Å². The van der Waals surface area contributed by atoms with Crippen LogP contribution in [-0.4, -0.2) is 32.4 Å². The van der Waals surface area contributed by atoms with Crippen molar-refractivity contribution in [1.29, 1.82) is 0 Å². The molecular weight excluding hydrogens is 222 g/mol. The van der Waals surface area contributed by atoms with E-state index in [2.05, 4.69) is 10.1 Å². The van der Waals surface area contributed by atoms with Crippen molar-refractivity contribution in [1.82, 2.24) is 14.8 Å². The van der Waals surface area contributed by atoms with E-state index in [0.29, 0.717) is 18.2 Å². The Morgan fingerprint density at radius 3 is 3.06 bits per heavy atom. The van der Waals surface area contributed by atoms with Crippen LogP contribution in [0.2, 0.25) is 0 Å². The second kappa shape index (κ2) is 4.65. The van der Waals surface area contributed by atoms with Gasteiger partial charge in [0.1, 0.15) is 0 Å². The number of nitrogens with zero attached hydrogens (tertiary/aromatic N) is 3. The van der Waals surface area contributed by atoms with Gasteiger partial charge in [-0.15, -0.1) is 0 Å². The SMILES string of the molecule is CCOc1cccnc1-n1cc(C(=O)O)cn1. The molecule has 0 bridgehead atoms. The first kappa shape index (κ1) is 11.1. The van der Waals surface area contributed by atoms with Gasteiger partial charge in [0.05, 0.1) is 18.4 Å². The van der Waals surface area contributed by atoms with Crippen LogP contribution in [0.25, 0.3) is 5.82 Å². The monoisotopic (exact) mass is 233 g/mol. The summed E-state index contributed by atoms with van der Waals surface area (Å²) in [5.74, 6) is 0.0158. The average Bonchev–Trinajstić information content (AvgIpc) is 2.79. The Morgan fingerprint density at radius 1 is 1.59 bits per heavy atom. The lowest BCUT2D eigenvalue weighted by Crippen LogP contribution is -2.03. The predicted molar refractivity (Wildman–Crippen MR) is 59.5 cm³/mol. The molecule has 0 saturated carbocycles. The molecule has 0 radical (unpaired) electrons. The van der Waals surface area contributed by atoms with Gasteiger partial charge in [-0.1, -0.05) is 0 Å². The lowest BCUT2D eigenvalue weighted by molar-refractivity contribution is 0.0697. The van der Waals surface area contributed by atoms with E-state index in [1.54, 1.807) is 18.3 Å². The van der Waals surface area contributed by atoms with Crippen LogP contribution in [0.15, 0.2) is 30.7 Å². The molecule has 0 aromatic carbocycles. The van der Waals surface area contributed by atoms with Crippen LogP contribution in [0, 0.1) is 0 Å². The fourth-order valence-corrected chi connectivity index (χ4v) is 1.37. The maximum atomic E-state index is 10.8. The highest BCUT2D eigenvalue weighted by molar-refractivity contribution is 5.86. The highest BCUT2D eigenvalue weighted by Crippen LogP contribution is 2.19. The number of hydrogen-bond acceptors (Lipinski definition) is 4. The Labute approximate surface area is 97.5 Å². The molecule has 17 heavy (non-hydrogen) atoms. The highest BCUT2D eigenvalue weighted by atomic mass is 16.5. The summed E-state index contributed by atoms with van der Waals surface area (Å²) in [6.45, 7) is 2.37. The van der Waals surface area contributed by atoms with E-state index in [-0.39, 0.29) is 5.56 Å². The van der Waals surface area contributed by atoms with Gasteiger partial charge in [-0.25, -0.2) is 14.5 Å². The van der Waals surface area contributed by atoms with Crippen LogP contribution in [0.5, 0.6) is 5.75 Å². The van der Waals surface area contributed by atoms with Crippen molar-refractivity contribution in [3.63, 3.8) is 0 Å². The van der Waals surface area contributed by atoms with Crippen molar-refractivity contribution in [3.8, 4) is 11.6 Å². The second-order valence-corrected chi connectivity index (χ2v) is 3.24. The van der Waals surface area contributed by atoms with Crippen LogP contribution < -0.4 is 4.74 Å². The standard InChI is InChI=1S/C11H11N3O3/c1-2-17-9-4-3-5-12-10(9)14-7-8(6-13-14)11(15)16/h3-7H,2H2,1H3,(H,15,16). The molecule has 0 fully saturated rings. The van der Waals surface area contributed by atoms with Crippen LogP contribution in [0.3, 0.4) is 0 Å². The molecule has 6 heteroatoms. The lowest BCUT2D eigenvalue weighted by Gasteiger charge is -2.07. The first-order valence-corrected chi connectivity index (χ1v) is 5.08. The molecule has 0 aliphatic rings. The maximum absolute atomic E-state index is 10.8. The van der Waals surface area contributed by atoms with E-state index in [9.17, 15) is 4.79 Å². The minimum absolute atomic E-state index is 0.109. The number of rotatable bonds is 4. The minimum Gasteiger partial charge on any atom is -0.490 e. The van der Waals surface area contributed by atoms with Gasteiger partial charge in [-0.3, -0.25) is 0 Å². The van der Waals surface area contributed by atoms with Crippen LogP contribution >= 0.6 is 0 Å². The van der Waals surface area contributed by atoms with E-state index in [4.69, 9.17) is 9.84 Å². The number of hydrogen-bond donors (Lipinski definition) is 1. The quantitative estimate of drug-likeness (QED) is 0.862. The smallest absolute Gasteiger partial charge is 0.338 e. The topological polar surface area (TPSA) is 77.2 Å². The first-order valence-electron chi connectivity index (χ1n) is 5.08. The summed E-state index contributed by atoms with van der Waals surface area (Å²) in [6.07, 6.45) is 4.26. The van der Waals surface area contributed by atoms with Crippen LogP contribution in [-0.2, 0) is 0 Å². The van der Waals surface area contributed by atoms with Crippen molar-refractivity contribution >= 4 is 5.97 Å². The summed E-state index contributed by atoms with van der Waals surface area (Å²) >= 11 is 0. The summed E-state index contributed by atoms with van der Waals surface area (Å²) in [4.78, 5) is 14.9. The molecule has 2 aromatic heterocycles. The Kier molecular flexibility index (Phi) is 3.04. The van der Waals surface area contributed by atoms with Crippen molar-refractivity contribution in [2.45, 2.75) is 6.92 Å². The molecule has 0 atom stereocenters. The van der Waals surface area contributed by atoms with Gasteiger partial charge in [-0.2, -0.15) is 5.10 Å². The largest absolute Gasteiger partial charge is 0.490 e. The Morgan fingerprint density at radius 2 is 2.41 bits per heavy atom. The lowest BCUT2D eigenvalue weighted by atomic mass is 10.4. The van der Waals surface area contributed by atoms with Crippen molar-refractivity contribution in [3.05, 3.63) is 36.3 Å². The number of pyridine rings is 1. The van der Waals surface area contributed by atoms with E-state index >= 15 is 0 Å². The fourth-order valence-electron chi connectivity index (χ4n) is 1.37. The average molecular weight is 233 g/mol. The summed E-state index contributed by atoms with van der Waals surface area (Å²) < 4.78 is 6.77. The Hall–Kier alpha value is -2.37. The molecule has 0 spiro atoms. The summed E-state index contributed by atoms with van der Waals surface area (Å²) in [5, 5.41) is 12.8. The second-order valence-electron chi connectivity index (χ2n) is 3.24. The van der Waals surface area contributed by atoms with Crippen LogP contribution in [0.1, 0.15) is 17.3 Å². The summed E-state index contributed by atoms with van der Waals surface area (Å²) in [5.41, 5.74) is 0.109. The number of carbonyl (C=O) groups is 1. The van der Waals surface area contributed by atoms with Gasteiger partial charge in [0.15, 0.2) is 11.6 Å². The van der Waals surface area contributed by atoms with Gasteiger partial charge < -0.3 is 9.84 Å². The van der Waals surface area contributed by atoms with E-state index in [1.807, 2.05) is 6.92 Å². The normalized spacial score (nSPS) is 10.2. The molecule has 6 nitrogen and oxygen atoms in total. The molecule has 88 valence electrons. The minimum atomic E-state index is -1.02. The van der Waals surface area contributed by atoms with Crippen molar-refractivity contribution < 1.29 is 14.6 Å². The van der Waals surface area contributed by atoms with E-state index in [1.165, 1.54) is 17.1 Å². The van der Waals surface area contributed by atoms with Gasteiger partial charge in [0.2, 0.25) is 0 Å². The van der Waals surface area contributed by atoms with Gasteiger partial charge in [0, 0.05) is 12.4 Å². The van der Waals surface area contributed by atoms with Crippen molar-refractivity contribution in [2.24, 2.45) is 0 Å². The number of ether oxygens (including phenoxy) is 1. The maximum Gasteiger partial charge on any atom is 0.338 e. The molecule has 1 N–H and O–H groups in total. The molecule has 0 amide bonds. The molecule has 0 unspecified atom stereocenters. The Bertz CT molecular complexity index is 536. The third kappa shape index (κ3) is 2.25. The molecule has 2 heterocycles. The molecule has 0 saturated heterocycles. The predicted octanol–water partition coefficient (Wildman–Crippen LogP) is 1.36. The molecule has 0 aliphatic heterocycles. The van der Waals surface area contributed by atoms with Gasteiger partial charge in [-0.05, 0) is 19.1 Å². The summed E-state index contributed by atoms with van der Waals surface area (Å²) in [7, 11) is 0. The van der Waals surface area contributed by atoms with Gasteiger partial charge >= 0.3 is 5.97 Å². The number of carboxylic acids is 1. The van der Waals surface area contributed by atoms with Crippen molar-refractivity contribution in [2.75, 3.05) is 6.61 Å². The zero-order valence-electron chi connectivity index (χ0n) is 9.20. The molecule has 0 aliphatic carbocycles. The first-order chi connectivity index (χ1) is 8.22. The number of aromatic carboxylic acids is 1. The zero-order chi connectivity index (χ0) is 12.3. The highest BCUT2D eigenvalue weighted by Gasteiger charge is 2.11. The Balaban J connectivity index is 2.41. The molecule has 2 rings (SSSR count). The van der Waals surface area contributed by atoms with E-state index in [0.717, 1.165) is 0 Å². The van der Waals surface area contributed by atoms with Crippen LogP contribution in [0.4, 0.5) is 0 Å². The third-order valence-electron chi connectivity index (χ3n) is 2.10. The molecule has 2 aromatic rings. The number of aromatic nitrogens is 3. The summed E-state index contributed by atoms with van der Waals surface area (Å²) in [6, 6.07) is 3.50. The third-order valence-corrected chi connectivity index (χ3v) is 2.10. The zero-order valence-corrected chi connectivity index (χ0v) is 9.20. The number of carboxylic acid groups (broad SMARTS) is 1. The molecular formula is C11H11N3O3.